The zero-order valence-electron chi connectivity index (χ0n) is 17.6. The number of carbonyl (C=O) groups is 1. The van der Waals surface area contributed by atoms with Crippen LogP contribution < -0.4 is 10.1 Å². The molecule has 2 aromatic heterocycles. The maximum absolute atomic E-state index is 12.6. The highest BCUT2D eigenvalue weighted by Gasteiger charge is 2.18. The standard InChI is InChI=1S/C23H21BrN4O3S/c1-4-9-28-22(20-12-15-11-16(24)6-8-18(15)31-20)26-27-23(28)32-13-21(29)25-17-10-14(2)5-7-19(17)30-3/h4-8,10-12H,1,9,13H2,2-3H3,(H,25,29). The fourth-order valence-electron chi connectivity index (χ4n) is 3.23. The van der Waals surface area contributed by atoms with Crippen LogP contribution in [0.2, 0.25) is 0 Å². The molecule has 0 aliphatic carbocycles. The molecule has 164 valence electrons. The van der Waals surface area contributed by atoms with E-state index in [9.17, 15) is 4.79 Å². The van der Waals surface area contributed by atoms with Crippen molar-refractivity contribution < 1.29 is 13.9 Å². The number of furan rings is 1. The van der Waals surface area contributed by atoms with Gasteiger partial charge in [0.2, 0.25) is 11.7 Å². The molecule has 7 nitrogen and oxygen atoms in total. The summed E-state index contributed by atoms with van der Waals surface area (Å²) in [7, 11) is 1.57. The first-order chi connectivity index (χ1) is 15.5. The molecule has 0 saturated carbocycles. The maximum atomic E-state index is 12.6. The Morgan fingerprint density at radius 2 is 2.12 bits per heavy atom. The van der Waals surface area contributed by atoms with Crippen molar-refractivity contribution in [3.8, 4) is 17.3 Å². The van der Waals surface area contributed by atoms with E-state index in [4.69, 9.17) is 9.15 Å². The van der Waals surface area contributed by atoms with Crippen LogP contribution in [0.15, 0.2) is 69.2 Å². The minimum Gasteiger partial charge on any atom is -0.495 e. The van der Waals surface area contributed by atoms with Gasteiger partial charge in [-0.1, -0.05) is 39.8 Å². The quantitative estimate of drug-likeness (QED) is 0.241. The fourth-order valence-corrected chi connectivity index (χ4v) is 4.36. The minimum absolute atomic E-state index is 0.165. The summed E-state index contributed by atoms with van der Waals surface area (Å²) in [6.45, 7) is 6.27. The molecule has 2 aromatic carbocycles. The summed E-state index contributed by atoms with van der Waals surface area (Å²) in [5.74, 6) is 1.80. The number of nitrogens with zero attached hydrogens (tertiary/aromatic N) is 3. The summed E-state index contributed by atoms with van der Waals surface area (Å²) < 4.78 is 14.1. The normalized spacial score (nSPS) is 11.0. The molecule has 32 heavy (non-hydrogen) atoms. The number of halogens is 1. The molecule has 1 N–H and O–H groups in total. The van der Waals surface area contributed by atoms with Gasteiger partial charge in [-0.05, 0) is 48.9 Å². The summed E-state index contributed by atoms with van der Waals surface area (Å²) in [5, 5.41) is 13.1. The van der Waals surface area contributed by atoms with E-state index in [-0.39, 0.29) is 11.7 Å². The lowest BCUT2D eigenvalue weighted by atomic mass is 10.2. The molecule has 4 rings (SSSR count). The number of nitrogens with one attached hydrogen (secondary N) is 1. The Bertz CT molecular complexity index is 1300. The number of anilines is 1. The third-order valence-corrected chi connectivity index (χ3v) is 6.15. The van der Waals surface area contributed by atoms with E-state index >= 15 is 0 Å². The molecule has 0 fully saturated rings. The van der Waals surface area contributed by atoms with E-state index in [1.165, 1.54) is 11.8 Å². The Morgan fingerprint density at radius 3 is 2.91 bits per heavy atom. The number of benzene rings is 2. The zero-order valence-corrected chi connectivity index (χ0v) is 20.0. The average Bonchev–Trinajstić information content (AvgIpc) is 3.36. The number of fused-ring (bicyclic) bond motifs is 1. The lowest BCUT2D eigenvalue weighted by Crippen LogP contribution is -2.15. The summed E-state index contributed by atoms with van der Waals surface area (Å²) in [6.07, 6.45) is 1.76. The second kappa shape index (κ2) is 9.62. The molecule has 0 aliphatic rings. The predicted molar refractivity (Wildman–Crippen MR) is 130 cm³/mol. The summed E-state index contributed by atoms with van der Waals surface area (Å²) in [4.78, 5) is 12.6. The van der Waals surface area contributed by atoms with Crippen molar-refractivity contribution in [1.82, 2.24) is 14.8 Å². The lowest BCUT2D eigenvalue weighted by Gasteiger charge is -2.11. The van der Waals surface area contributed by atoms with Crippen LogP contribution in [0.3, 0.4) is 0 Å². The second-order valence-corrected chi connectivity index (χ2v) is 8.90. The van der Waals surface area contributed by atoms with Crippen molar-refractivity contribution in [3.05, 3.63) is 65.2 Å². The number of rotatable bonds is 8. The van der Waals surface area contributed by atoms with Crippen molar-refractivity contribution in [2.45, 2.75) is 18.6 Å². The maximum Gasteiger partial charge on any atom is 0.234 e. The first-order valence-electron chi connectivity index (χ1n) is 9.79. The first-order valence-corrected chi connectivity index (χ1v) is 11.6. The van der Waals surface area contributed by atoms with E-state index in [1.54, 1.807) is 13.2 Å². The Balaban J connectivity index is 1.53. The Morgan fingerprint density at radius 1 is 1.28 bits per heavy atom. The first kappa shape index (κ1) is 22.2. The average molecular weight is 513 g/mol. The topological polar surface area (TPSA) is 82.2 Å². The minimum atomic E-state index is -0.165. The molecule has 1 amide bonds. The van der Waals surface area contributed by atoms with Crippen molar-refractivity contribution >= 4 is 50.3 Å². The smallest absolute Gasteiger partial charge is 0.234 e. The number of amides is 1. The molecule has 0 aliphatic heterocycles. The van der Waals surface area contributed by atoms with Crippen molar-refractivity contribution in [3.63, 3.8) is 0 Å². The van der Waals surface area contributed by atoms with Gasteiger partial charge in [0.05, 0.1) is 18.6 Å². The Kier molecular flexibility index (Phi) is 6.66. The van der Waals surface area contributed by atoms with Gasteiger partial charge in [-0.15, -0.1) is 16.8 Å². The van der Waals surface area contributed by atoms with Crippen LogP contribution in [0.4, 0.5) is 5.69 Å². The van der Waals surface area contributed by atoms with Gasteiger partial charge in [-0.3, -0.25) is 9.36 Å². The molecule has 0 radical (unpaired) electrons. The van der Waals surface area contributed by atoms with Crippen LogP contribution in [0.5, 0.6) is 5.75 Å². The molecule has 9 heteroatoms. The molecule has 0 saturated heterocycles. The fraction of sp³-hybridized carbons (Fsp3) is 0.174. The third-order valence-electron chi connectivity index (χ3n) is 4.69. The van der Waals surface area contributed by atoms with Crippen LogP contribution in [0, 0.1) is 6.92 Å². The predicted octanol–water partition coefficient (Wildman–Crippen LogP) is 5.69. The van der Waals surface area contributed by atoms with Crippen LogP contribution in [-0.4, -0.2) is 33.5 Å². The van der Waals surface area contributed by atoms with E-state index in [2.05, 4.69) is 38.0 Å². The molecule has 2 heterocycles. The third kappa shape index (κ3) is 4.73. The largest absolute Gasteiger partial charge is 0.495 e. The number of hydrogen-bond donors (Lipinski definition) is 1. The number of methoxy groups -OCH3 is 1. The number of carbonyl (C=O) groups excluding carboxylic acids is 1. The van der Waals surface area contributed by atoms with Crippen molar-refractivity contribution in [2.24, 2.45) is 0 Å². The molecule has 0 atom stereocenters. The molecule has 0 bridgehead atoms. The molecule has 0 unspecified atom stereocenters. The van der Waals surface area contributed by atoms with Crippen LogP contribution in [0.1, 0.15) is 5.56 Å². The van der Waals surface area contributed by atoms with Crippen molar-refractivity contribution in [1.29, 1.82) is 0 Å². The second-order valence-electron chi connectivity index (χ2n) is 7.04. The van der Waals surface area contributed by atoms with E-state index < -0.39 is 0 Å². The van der Waals surface area contributed by atoms with Crippen LogP contribution >= 0.6 is 27.7 Å². The number of aryl methyl sites for hydroxylation is 1. The van der Waals surface area contributed by atoms with Crippen LogP contribution in [0.25, 0.3) is 22.6 Å². The zero-order chi connectivity index (χ0) is 22.7. The van der Waals surface area contributed by atoms with Gasteiger partial charge in [0.25, 0.3) is 0 Å². The number of ether oxygens (including phenoxy) is 1. The highest BCUT2D eigenvalue weighted by atomic mass is 79.9. The SMILES string of the molecule is C=CCn1c(SCC(=O)Nc2cc(C)ccc2OC)nnc1-c1cc2cc(Br)ccc2o1. The monoisotopic (exact) mass is 512 g/mol. The van der Waals surface area contributed by atoms with Crippen molar-refractivity contribution in [2.75, 3.05) is 18.2 Å². The summed E-state index contributed by atoms with van der Waals surface area (Å²) >= 11 is 4.77. The number of allylic oxidation sites excluding steroid dienone is 1. The van der Waals surface area contributed by atoms with Gasteiger partial charge in [0.1, 0.15) is 11.3 Å². The molecule has 4 aromatic rings. The number of aromatic nitrogens is 3. The van der Waals surface area contributed by atoms with Gasteiger partial charge in [0.15, 0.2) is 10.9 Å². The van der Waals surface area contributed by atoms with Gasteiger partial charge in [0, 0.05) is 16.4 Å². The number of hydrogen-bond acceptors (Lipinski definition) is 6. The molecular formula is C23H21BrN4O3S. The van der Waals surface area contributed by atoms with Gasteiger partial charge < -0.3 is 14.5 Å². The van der Waals surface area contributed by atoms with Gasteiger partial charge in [-0.25, -0.2) is 0 Å². The Labute approximate surface area is 198 Å². The van der Waals surface area contributed by atoms with E-state index in [1.807, 2.05) is 54.0 Å². The Hall–Kier alpha value is -3.04. The highest BCUT2D eigenvalue weighted by Crippen LogP contribution is 2.31. The van der Waals surface area contributed by atoms with Gasteiger partial charge in [-0.2, -0.15) is 0 Å². The van der Waals surface area contributed by atoms with E-state index in [0.29, 0.717) is 34.7 Å². The van der Waals surface area contributed by atoms with Gasteiger partial charge >= 0.3 is 0 Å². The molecule has 0 spiro atoms. The number of thioether (sulfide) groups is 1. The van der Waals surface area contributed by atoms with Crippen LogP contribution in [-0.2, 0) is 11.3 Å². The lowest BCUT2D eigenvalue weighted by molar-refractivity contribution is -0.113. The summed E-state index contributed by atoms with van der Waals surface area (Å²) in [6, 6.07) is 13.4. The highest BCUT2D eigenvalue weighted by molar-refractivity contribution is 9.10. The molecular weight excluding hydrogens is 492 g/mol. The van der Waals surface area contributed by atoms with E-state index in [0.717, 1.165) is 21.0 Å². The summed E-state index contributed by atoms with van der Waals surface area (Å²) in [5.41, 5.74) is 2.43.